The maximum atomic E-state index is 13.6. The first kappa shape index (κ1) is 14.0. The van der Waals surface area contributed by atoms with E-state index in [1.165, 1.54) is 24.3 Å². The average Bonchev–Trinajstić information content (AvgIpc) is 2.35. The molecule has 0 saturated carbocycles. The van der Waals surface area contributed by atoms with Crippen LogP contribution < -0.4 is 5.73 Å². The third kappa shape index (κ3) is 3.30. The molecule has 2 rings (SSSR count). The molecule has 1 unspecified atom stereocenters. The van der Waals surface area contributed by atoms with Crippen molar-refractivity contribution >= 4 is 28.1 Å². The van der Waals surface area contributed by atoms with E-state index in [0.29, 0.717) is 0 Å². The number of hydrogen-bond donors (Lipinski definition) is 1. The van der Waals surface area contributed by atoms with Gasteiger partial charge in [-0.2, -0.15) is 0 Å². The summed E-state index contributed by atoms with van der Waals surface area (Å²) in [4.78, 5) is 0.161. The number of benzene rings is 2. The molecule has 19 heavy (non-hydrogen) atoms. The van der Waals surface area contributed by atoms with Gasteiger partial charge in [0, 0.05) is 16.3 Å². The molecule has 0 aliphatic heterocycles. The van der Waals surface area contributed by atoms with Crippen LogP contribution in [0.25, 0.3) is 0 Å². The second-order valence-corrected chi connectivity index (χ2v) is 5.76. The number of hydrogen-bond acceptors (Lipinski definition) is 2. The van der Waals surface area contributed by atoms with Gasteiger partial charge in [0.15, 0.2) is 0 Å². The molecule has 0 aliphatic carbocycles. The van der Waals surface area contributed by atoms with Crippen LogP contribution >= 0.6 is 11.6 Å². The molecule has 1 atom stereocenters. The highest BCUT2D eigenvalue weighted by molar-refractivity contribution is 7.84. The van der Waals surface area contributed by atoms with E-state index < -0.39 is 22.4 Å². The zero-order chi connectivity index (χ0) is 14.0. The molecule has 0 radical (unpaired) electrons. The van der Waals surface area contributed by atoms with E-state index in [-0.39, 0.29) is 26.9 Å². The van der Waals surface area contributed by atoms with Crippen LogP contribution in [-0.4, -0.2) is 4.21 Å². The molecule has 6 heteroatoms. The summed E-state index contributed by atoms with van der Waals surface area (Å²) in [5.41, 5.74) is 6.09. The molecule has 0 fully saturated rings. The first-order valence-corrected chi connectivity index (χ1v) is 7.04. The molecule has 2 aromatic rings. The van der Waals surface area contributed by atoms with Crippen LogP contribution in [0.2, 0.25) is 5.02 Å². The van der Waals surface area contributed by atoms with E-state index in [1.807, 2.05) is 0 Å². The molecular formula is C13H10ClF2NOS. The number of halogens is 3. The highest BCUT2D eigenvalue weighted by atomic mass is 35.5. The van der Waals surface area contributed by atoms with Gasteiger partial charge in [-0.25, -0.2) is 8.78 Å². The van der Waals surface area contributed by atoms with Crippen LogP contribution in [0.4, 0.5) is 14.5 Å². The van der Waals surface area contributed by atoms with Crippen LogP contribution in [0.15, 0.2) is 41.3 Å². The van der Waals surface area contributed by atoms with Gasteiger partial charge in [0.25, 0.3) is 0 Å². The molecule has 0 heterocycles. The van der Waals surface area contributed by atoms with Gasteiger partial charge in [-0.05, 0) is 30.3 Å². The van der Waals surface area contributed by atoms with Crippen LogP contribution in [0, 0.1) is 11.6 Å². The molecule has 2 aromatic carbocycles. The van der Waals surface area contributed by atoms with Crippen molar-refractivity contribution < 1.29 is 13.0 Å². The second-order valence-electron chi connectivity index (χ2n) is 3.91. The van der Waals surface area contributed by atoms with Crippen LogP contribution in [0.5, 0.6) is 0 Å². The molecule has 0 aromatic heterocycles. The van der Waals surface area contributed by atoms with Gasteiger partial charge in [-0.15, -0.1) is 0 Å². The summed E-state index contributed by atoms with van der Waals surface area (Å²) in [6.45, 7) is 0. The summed E-state index contributed by atoms with van der Waals surface area (Å²) in [5, 5.41) is 0.261. The van der Waals surface area contributed by atoms with Crippen molar-refractivity contribution in [1.82, 2.24) is 0 Å². The maximum absolute atomic E-state index is 13.6. The molecule has 2 nitrogen and oxygen atoms in total. The number of nitrogens with two attached hydrogens (primary N) is 1. The van der Waals surface area contributed by atoms with Crippen LogP contribution in [0.3, 0.4) is 0 Å². The average molecular weight is 302 g/mol. The van der Waals surface area contributed by atoms with Gasteiger partial charge in [-0.3, -0.25) is 4.21 Å². The Morgan fingerprint density at radius 1 is 1.16 bits per heavy atom. The van der Waals surface area contributed by atoms with Crippen LogP contribution in [-0.2, 0) is 16.6 Å². The van der Waals surface area contributed by atoms with Crippen molar-refractivity contribution in [2.24, 2.45) is 0 Å². The zero-order valence-electron chi connectivity index (χ0n) is 9.70. The summed E-state index contributed by atoms with van der Waals surface area (Å²) in [5.74, 6) is -1.17. The zero-order valence-corrected chi connectivity index (χ0v) is 11.3. The Morgan fingerprint density at radius 3 is 2.58 bits per heavy atom. The predicted octanol–water partition coefficient (Wildman–Crippen LogP) is 3.51. The Balaban J connectivity index is 2.28. The van der Waals surface area contributed by atoms with E-state index in [0.717, 1.165) is 12.1 Å². The normalized spacial score (nSPS) is 12.4. The Bertz CT molecular complexity index is 649. The molecule has 0 aliphatic rings. The summed E-state index contributed by atoms with van der Waals surface area (Å²) in [6.07, 6.45) is 0. The van der Waals surface area contributed by atoms with Crippen LogP contribution in [0.1, 0.15) is 5.56 Å². The monoisotopic (exact) mass is 301 g/mol. The van der Waals surface area contributed by atoms with Crippen molar-refractivity contribution in [3.8, 4) is 0 Å². The maximum Gasteiger partial charge on any atom is 0.128 e. The summed E-state index contributed by atoms with van der Waals surface area (Å²) in [7, 11) is -1.62. The SMILES string of the molecule is Nc1ccc(F)cc1S(=O)Cc1ccc(Cl)cc1F. The molecule has 0 amide bonds. The molecule has 2 N–H and O–H groups in total. The molecule has 0 spiro atoms. The van der Waals surface area contributed by atoms with E-state index >= 15 is 0 Å². The number of anilines is 1. The highest BCUT2D eigenvalue weighted by Gasteiger charge is 2.13. The van der Waals surface area contributed by atoms with Gasteiger partial charge in [0.05, 0.1) is 21.4 Å². The summed E-state index contributed by atoms with van der Waals surface area (Å²) < 4.78 is 38.8. The van der Waals surface area contributed by atoms with Gasteiger partial charge in [0.1, 0.15) is 11.6 Å². The Morgan fingerprint density at radius 2 is 1.89 bits per heavy atom. The fourth-order valence-electron chi connectivity index (χ4n) is 1.56. The molecule has 0 bridgehead atoms. The Labute approximate surface area is 116 Å². The first-order chi connectivity index (χ1) is 8.97. The van der Waals surface area contributed by atoms with Crippen molar-refractivity contribution in [3.05, 3.63) is 58.6 Å². The number of rotatable bonds is 3. The first-order valence-electron chi connectivity index (χ1n) is 5.34. The van der Waals surface area contributed by atoms with E-state index in [9.17, 15) is 13.0 Å². The lowest BCUT2D eigenvalue weighted by Crippen LogP contribution is -2.03. The Kier molecular flexibility index (Phi) is 4.17. The minimum absolute atomic E-state index is 0.0867. The van der Waals surface area contributed by atoms with Gasteiger partial charge >= 0.3 is 0 Å². The predicted molar refractivity (Wildman–Crippen MR) is 72.3 cm³/mol. The quantitative estimate of drug-likeness (QED) is 0.882. The largest absolute Gasteiger partial charge is 0.398 e. The summed E-state index contributed by atoms with van der Waals surface area (Å²) >= 11 is 5.63. The lowest BCUT2D eigenvalue weighted by molar-refractivity contribution is 0.614. The fourth-order valence-corrected chi connectivity index (χ4v) is 2.97. The van der Waals surface area contributed by atoms with Gasteiger partial charge in [0.2, 0.25) is 0 Å². The van der Waals surface area contributed by atoms with Gasteiger partial charge < -0.3 is 5.73 Å². The standard InChI is InChI=1S/C13H10ClF2NOS/c14-9-2-1-8(11(16)5-9)7-19(18)13-6-10(15)3-4-12(13)17/h1-6H,7,17H2. The lowest BCUT2D eigenvalue weighted by Gasteiger charge is -2.07. The highest BCUT2D eigenvalue weighted by Crippen LogP contribution is 2.22. The molecule has 0 saturated heterocycles. The molecular weight excluding hydrogens is 292 g/mol. The van der Waals surface area contributed by atoms with E-state index in [1.54, 1.807) is 0 Å². The minimum atomic E-state index is -1.62. The van der Waals surface area contributed by atoms with E-state index in [2.05, 4.69) is 0 Å². The molecule has 100 valence electrons. The third-order valence-corrected chi connectivity index (χ3v) is 4.18. The van der Waals surface area contributed by atoms with Crippen molar-refractivity contribution in [2.75, 3.05) is 5.73 Å². The van der Waals surface area contributed by atoms with Crippen molar-refractivity contribution in [2.45, 2.75) is 10.6 Å². The van der Waals surface area contributed by atoms with Gasteiger partial charge in [-0.1, -0.05) is 17.7 Å². The fraction of sp³-hybridized carbons (Fsp3) is 0.0769. The van der Waals surface area contributed by atoms with Crippen molar-refractivity contribution in [1.29, 1.82) is 0 Å². The minimum Gasteiger partial charge on any atom is -0.398 e. The Hall–Kier alpha value is -1.46. The third-order valence-electron chi connectivity index (χ3n) is 2.52. The second kappa shape index (κ2) is 5.67. The smallest absolute Gasteiger partial charge is 0.128 e. The number of nitrogen functional groups attached to an aromatic ring is 1. The topological polar surface area (TPSA) is 43.1 Å². The van der Waals surface area contributed by atoms with E-state index in [4.69, 9.17) is 17.3 Å². The summed E-state index contributed by atoms with van der Waals surface area (Å²) in [6, 6.07) is 7.71. The lowest BCUT2D eigenvalue weighted by atomic mass is 10.2. The van der Waals surface area contributed by atoms with Crippen molar-refractivity contribution in [3.63, 3.8) is 0 Å².